The van der Waals surface area contributed by atoms with Gasteiger partial charge in [-0.15, -0.1) is 0 Å². The third kappa shape index (κ3) is 5.68. The van der Waals surface area contributed by atoms with Crippen molar-refractivity contribution in [3.05, 3.63) is 82.1 Å². The molecule has 9 nitrogen and oxygen atoms in total. The van der Waals surface area contributed by atoms with E-state index < -0.39 is 41.8 Å². The fraction of sp³-hybridized carbons (Fsp3) is 0.280. The summed E-state index contributed by atoms with van der Waals surface area (Å²) in [5, 5.41) is 18.6. The van der Waals surface area contributed by atoms with Crippen LogP contribution in [0.25, 0.3) is 0 Å². The molecule has 0 fully saturated rings. The highest BCUT2D eigenvalue weighted by Crippen LogP contribution is 2.38. The Morgan fingerprint density at radius 1 is 1.26 bits per heavy atom. The predicted octanol–water partition coefficient (Wildman–Crippen LogP) is 3.98. The van der Waals surface area contributed by atoms with Gasteiger partial charge in [-0.3, -0.25) is 4.79 Å². The molecule has 2 aliphatic heterocycles. The van der Waals surface area contributed by atoms with E-state index >= 15 is 0 Å². The Kier molecular flexibility index (Phi) is 7.24. The predicted molar refractivity (Wildman–Crippen MR) is 131 cm³/mol. The zero-order valence-corrected chi connectivity index (χ0v) is 20.8. The number of nitriles is 1. The van der Waals surface area contributed by atoms with E-state index in [0.717, 1.165) is 6.07 Å². The normalized spacial score (nSPS) is 19.3. The number of fused-ring (bicyclic) bond motifs is 1. The fourth-order valence-corrected chi connectivity index (χ4v) is 4.37. The summed E-state index contributed by atoms with van der Waals surface area (Å²) < 4.78 is 45.7. The molecule has 0 radical (unpaired) electrons. The molecule has 0 bridgehead atoms. The maximum absolute atomic E-state index is 13.6. The Morgan fingerprint density at radius 2 is 1.95 bits per heavy atom. The summed E-state index contributed by atoms with van der Waals surface area (Å²) in [6.07, 6.45) is -4.23. The molecule has 2 aromatic rings. The number of nitrogens with one attached hydrogen (secondary N) is 1. The average molecular weight is 547 g/mol. The Bertz CT molecular complexity index is 1360. The molecule has 0 aliphatic carbocycles. The van der Waals surface area contributed by atoms with E-state index in [-0.39, 0.29) is 18.7 Å². The Labute approximate surface area is 220 Å². The molecule has 2 aromatic carbocycles. The van der Waals surface area contributed by atoms with Gasteiger partial charge in [-0.1, -0.05) is 29.8 Å². The molecule has 3 N–H and O–H groups in total. The number of benzene rings is 2. The van der Waals surface area contributed by atoms with E-state index in [0.29, 0.717) is 22.2 Å². The zero-order chi connectivity index (χ0) is 27.7. The second-order valence-corrected chi connectivity index (χ2v) is 9.38. The van der Waals surface area contributed by atoms with Gasteiger partial charge in [-0.25, -0.2) is 9.80 Å². The van der Waals surface area contributed by atoms with Crippen molar-refractivity contribution in [2.24, 2.45) is 16.3 Å². The highest BCUT2D eigenvalue weighted by atomic mass is 35.5. The third-order valence-electron chi connectivity index (χ3n) is 5.97. The molecule has 13 heteroatoms. The van der Waals surface area contributed by atoms with Gasteiger partial charge in [0.2, 0.25) is 5.91 Å². The minimum Gasteiger partial charge on any atom is -0.447 e. The smallest absolute Gasteiger partial charge is 0.416 e. The number of amides is 2. The van der Waals surface area contributed by atoms with E-state index in [1.54, 1.807) is 42.2 Å². The van der Waals surface area contributed by atoms with Crippen LogP contribution in [-0.2, 0) is 15.7 Å². The topological polar surface area (TPSA) is 124 Å². The van der Waals surface area contributed by atoms with Crippen molar-refractivity contribution in [2.75, 3.05) is 19.7 Å². The van der Waals surface area contributed by atoms with Crippen molar-refractivity contribution in [3.8, 4) is 6.07 Å². The van der Waals surface area contributed by atoms with Crippen LogP contribution in [0.2, 0.25) is 5.02 Å². The first-order valence-corrected chi connectivity index (χ1v) is 11.7. The number of primary amides is 1. The van der Waals surface area contributed by atoms with Gasteiger partial charge < -0.3 is 20.7 Å². The van der Waals surface area contributed by atoms with Crippen molar-refractivity contribution in [1.29, 1.82) is 5.26 Å². The fourth-order valence-electron chi connectivity index (χ4n) is 4.24. The largest absolute Gasteiger partial charge is 0.447 e. The van der Waals surface area contributed by atoms with Gasteiger partial charge in [0.1, 0.15) is 19.0 Å². The van der Waals surface area contributed by atoms with Crippen LogP contribution in [0.3, 0.4) is 0 Å². The molecule has 0 spiro atoms. The van der Waals surface area contributed by atoms with Gasteiger partial charge in [0.25, 0.3) is 0 Å². The number of hydrogen-bond acceptors (Lipinski definition) is 7. The van der Waals surface area contributed by atoms with Crippen molar-refractivity contribution in [3.63, 3.8) is 0 Å². The lowest BCUT2D eigenvalue weighted by Crippen LogP contribution is -2.39. The molecule has 0 saturated carbocycles. The minimum absolute atomic E-state index is 0.284. The number of hydrazone groups is 1. The van der Waals surface area contributed by atoms with Gasteiger partial charge in [0.15, 0.2) is 5.84 Å². The zero-order valence-electron chi connectivity index (χ0n) is 20.0. The van der Waals surface area contributed by atoms with Crippen LogP contribution in [-0.4, -0.2) is 47.4 Å². The maximum Gasteiger partial charge on any atom is 0.416 e. The van der Waals surface area contributed by atoms with E-state index in [1.165, 1.54) is 23.2 Å². The highest BCUT2D eigenvalue weighted by Gasteiger charge is 2.43. The number of rotatable bonds is 7. The van der Waals surface area contributed by atoms with Crippen LogP contribution in [0.4, 0.5) is 18.0 Å². The van der Waals surface area contributed by atoms with Crippen LogP contribution >= 0.6 is 11.6 Å². The van der Waals surface area contributed by atoms with Gasteiger partial charge in [-0.05, 0) is 48.9 Å². The van der Waals surface area contributed by atoms with Crippen LogP contribution in [0, 0.1) is 16.7 Å². The molecular weight excluding hydrogens is 525 g/mol. The summed E-state index contributed by atoms with van der Waals surface area (Å²) in [7, 11) is 0. The molecule has 198 valence electrons. The Hall–Kier alpha value is -4.24. The molecule has 2 unspecified atom stereocenters. The summed E-state index contributed by atoms with van der Waals surface area (Å²) >= 11 is 6.00. The van der Waals surface area contributed by atoms with Crippen molar-refractivity contribution >= 4 is 29.4 Å². The quantitative estimate of drug-likeness (QED) is 0.541. The number of alkyl halides is 3. The number of amidine groups is 1. The Balaban J connectivity index is 1.61. The van der Waals surface area contributed by atoms with Crippen LogP contribution in [0.1, 0.15) is 29.7 Å². The van der Waals surface area contributed by atoms with Crippen LogP contribution in [0.15, 0.2) is 65.5 Å². The summed E-state index contributed by atoms with van der Waals surface area (Å²) in [5.41, 5.74) is 3.56. The van der Waals surface area contributed by atoms with Crippen LogP contribution in [0.5, 0.6) is 0 Å². The molecular formula is C25H22ClF3N6O3. The standard InChI is InChI=1S/C25H22ClF3N6O3/c1-24(13-30)10-21-34(14-24)22(15-6-8-16(26)9-7-15)33-35(21)11-20(36)32-19(12-38-23(31)37)17-4-2-3-5-18(17)25(27,28)29/h2-10,19H,11-12,14H2,1H3,(H2,31,37)(H,32,36). The van der Waals surface area contributed by atoms with Gasteiger partial charge >= 0.3 is 12.3 Å². The SMILES string of the molecule is CC1(C#N)C=C2N(CC(=O)NC(COC(N)=O)c3ccccc3C(F)(F)F)N=C(c3ccc(Cl)cc3)N2C1. The van der Waals surface area contributed by atoms with Crippen molar-refractivity contribution in [1.82, 2.24) is 15.2 Å². The number of hydrogen-bond donors (Lipinski definition) is 2. The first kappa shape index (κ1) is 26.8. The van der Waals surface area contributed by atoms with Crippen molar-refractivity contribution < 1.29 is 27.5 Å². The number of ether oxygens (including phenoxy) is 1. The molecule has 38 heavy (non-hydrogen) atoms. The molecule has 2 atom stereocenters. The number of carbonyl (C=O) groups is 2. The van der Waals surface area contributed by atoms with Crippen LogP contribution < -0.4 is 11.1 Å². The number of carbonyl (C=O) groups excluding carboxylic acids is 2. The number of nitrogens with zero attached hydrogens (tertiary/aromatic N) is 4. The highest BCUT2D eigenvalue weighted by molar-refractivity contribution is 6.30. The second kappa shape index (κ2) is 10.3. The maximum atomic E-state index is 13.6. The minimum atomic E-state index is -4.71. The first-order valence-electron chi connectivity index (χ1n) is 11.3. The Morgan fingerprint density at radius 3 is 2.58 bits per heavy atom. The summed E-state index contributed by atoms with van der Waals surface area (Å²) in [6.45, 7) is 1.02. The van der Waals surface area contributed by atoms with Gasteiger partial charge in [0.05, 0.1) is 23.1 Å². The van der Waals surface area contributed by atoms with E-state index in [1.807, 2.05) is 0 Å². The first-order chi connectivity index (χ1) is 17.9. The molecule has 0 aromatic heterocycles. The summed E-state index contributed by atoms with van der Waals surface area (Å²) in [5.74, 6) is 0.262. The van der Waals surface area contributed by atoms with E-state index in [2.05, 4.69) is 16.5 Å². The van der Waals surface area contributed by atoms with Crippen molar-refractivity contribution in [2.45, 2.75) is 19.1 Å². The summed E-state index contributed by atoms with van der Waals surface area (Å²) in [4.78, 5) is 26.1. The van der Waals surface area contributed by atoms with E-state index in [4.69, 9.17) is 22.1 Å². The molecule has 2 aliphatic rings. The van der Waals surface area contributed by atoms with E-state index in [9.17, 15) is 28.0 Å². The lowest BCUT2D eigenvalue weighted by molar-refractivity contribution is -0.139. The monoisotopic (exact) mass is 546 g/mol. The summed E-state index contributed by atoms with van der Waals surface area (Å²) in [6, 6.07) is 12.4. The lowest BCUT2D eigenvalue weighted by Gasteiger charge is -2.24. The lowest BCUT2D eigenvalue weighted by atomic mass is 9.95. The number of nitrogens with two attached hydrogens (primary N) is 1. The van der Waals surface area contributed by atoms with Gasteiger partial charge in [-0.2, -0.15) is 23.5 Å². The molecule has 2 amide bonds. The third-order valence-corrected chi connectivity index (χ3v) is 6.22. The average Bonchev–Trinajstić information content (AvgIpc) is 3.37. The molecule has 0 saturated heterocycles. The molecule has 4 rings (SSSR count). The second-order valence-electron chi connectivity index (χ2n) is 8.94. The van der Waals surface area contributed by atoms with Gasteiger partial charge in [0, 0.05) is 17.1 Å². The molecule has 2 heterocycles. The number of halogens is 4.